The van der Waals surface area contributed by atoms with E-state index in [0.29, 0.717) is 30.2 Å². The monoisotopic (exact) mass is 277 g/mol. The summed E-state index contributed by atoms with van der Waals surface area (Å²) in [7, 11) is 3.13. The molecule has 0 unspecified atom stereocenters. The molecule has 0 aromatic carbocycles. The van der Waals surface area contributed by atoms with Gasteiger partial charge in [-0.3, -0.25) is 9.36 Å². The van der Waals surface area contributed by atoms with Gasteiger partial charge in [0.05, 0.1) is 12.7 Å². The maximum atomic E-state index is 11.8. The number of carbonyl (C=O) groups excluding carboxylic acids is 1. The van der Waals surface area contributed by atoms with E-state index in [9.17, 15) is 9.59 Å². The molecular formula is C12H15N5O3. The minimum Gasteiger partial charge on any atom is -0.481 e. The molecule has 0 aliphatic rings. The molecule has 1 amide bonds. The number of ether oxygens (including phenoxy) is 1. The van der Waals surface area contributed by atoms with Crippen LogP contribution in [0.3, 0.4) is 0 Å². The van der Waals surface area contributed by atoms with E-state index in [2.05, 4.69) is 20.5 Å². The summed E-state index contributed by atoms with van der Waals surface area (Å²) < 4.78 is 6.32. The number of amides is 1. The predicted molar refractivity (Wildman–Crippen MR) is 70.7 cm³/mol. The summed E-state index contributed by atoms with van der Waals surface area (Å²) in [5.74, 6) is 0.803. The minimum absolute atomic E-state index is 0.235. The summed E-state index contributed by atoms with van der Waals surface area (Å²) in [5, 5.41) is 8.93. The van der Waals surface area contributed by atoms with Crippen molar-refractivity contribution in [2.75, 3.05) is 13.7 Å². The average Bonchev–Trinajstić information content (AvgIpc) is 2.79. The molecule has 106 valence electrons. The van der Waals surface area contributed by atoms with Crippen LogP contribution in [0.1, 0.15) is 16.2 Å². The first kappa shape index (κ1) is 13.8. The van der Waals surface area contributed by atoms with Crippen molar-refractivity contribution in [2.45, 2.75) is 6.42 Å². The molecule has 2 aromatic heterocycles. The van der Waals surface area contributed by atoms with Crippen molar-refractivity contribution in [2.24, 2.45) is 7.05 Å². The van der Waals surface area contributed by atoms with Gasteiger partial charge in [0, 0.05) is 32.3 Å². The molecule has 0 saturated carbocycles. The molecule has 0 fully saturated rings. The molecule has 0 aliphatic heterocycles. The Morgan fingerprint density at radius 3 is 2.85 bits per heavy atom. The zero-order valence-electron chi connectivity index (χ0n) is 11.2. The normalized spacial score (nSPS) is 10.3. The lowest BCUT2D eigenvalue weighted by atomic mass is 10.2. The minimum atomic E-state index is -0.273. The molecule has 0 spiro atoms. The SMILES string of the molecule is COc1ccc(C(=O)NCCc2n[nH]c(=O)n2C)cn1. The van der Waals surface area contributed by atoms with Crippen LogP contribution >= 0.6 is 0 Å². The van der Waals surface area contributed by atoms with Gasteiger partial charge in [-0.15, -0.1) is 0 Å². The third-order valence-corrected chi connectivity index (χ3v) is 2.81. The fourth-order valence-corrected chi connectivity index (χ4v) is 1.63. The maximum absolute atomic E-state index is 11.8. The highest BCUT2D eigenvalue weighted by Crippen LogP contribution is 2.06. The van der Waals surface area contributed by atoms with Crippen LogP contribution in [0.15, 0.2) is 23.1 Å². The number of nitrogens with zero attached hydrogens (tertiary/aromatic N) is 3. The van der Waals surface area contributed by atoms with Gasteiger partial charge < -0.3 is 10.1 Å². The lowest BCUT2D eigenvalue weighted by Crippen LogP contribution is -2.27. The Bertz CT molecular complexity index is 644. The lowest BCUT2D eigenvalue weighted by molar-refractivity contribution is 0.0953. The Morgan fingerprint density at radius 2 is 2.30 bits per heavy atom. The molecular weight excluding hydrogens is 262 g/mol. The molecule has 0 atom stereocenters. The van der Waals surface area contributed by atoms with Gasteiger partial charge in [0.2, 0.25) is 5.88 Å². The van der Waals surface area contributed by atoms with Crippen molar-refractivity contribution in [1.82, 2.24) is 25.1 Å². The number of methoxy groups -OCH3 is 1. The number of H-pyrrole nitrogens is 1. The molecule has 0 saturated heterocycles. The summed E-state index contributed by atoms with van der Waals surface area (Å²) >= 11 is 0. The van der Waals surface area contributed by atoms with Gasteiger partial charge in [-0.1, -0.05) is 0 Å². The molecule has 2 rings (SSSR count). The number of hydrogen-bond acceptors (Lipinski definition) is 5. The number of nitrogens with one attached hydrogen (secondary N) is 2. The van der Waals surface area contributed by atoms with E-state index in [1.54, 1.807) is 19.2 Å². The fourth-order valence-electron chi connectivity index (χ4n) is 1.63. The third kappa shape index (κ3) is 3.02. The molecule has 8 heteroatoms. The lowest BCUT2D eigenvalue weighted by Gasteiger charge is -2.05. The molecule has 8 nitrogen and oxygen atoms in total. The zero-order valence-corrected chi connectivity index (χ0v) is 11.2. The molecule has 2 aromatic rings. The molecule has 0 radical (unpaired) electrons. The van der Waals surface area contributed by atoms with Gasteiger partial charge in [0.15, 0.2) is 0 Å². The van der Waals surface area contributed by atoms with Crippen LogP contribution in [0.4, 0.5) is 0 Å². The van der Waals surface area contributed by atoms with Crippen LogP contribution in [-0.4, -0.2) is 39.3 Å². The Kier molecular flexibility index (Phi) is 4.14. The van der Waals surface area contributed by atoms with Crippen LogP contribution in [0.5, 0.6) is 5.88 Å². The van der Waals surface area contributed by atoms with Gasteiger partial charge in [-0.25, -0.2) is 14.9 Å². The Labute approximate surface area is 114 Å². The molecule has 0 bridgehead atoms. The maximum Gasteiger partial charge on any atom is 0.343 e. The number of rotatable bonds is 5. The van der Waals surface area contributed by atoms with Crippen molar-refractivity contribution in [3.8, 4) is 5.88 Å². The summed E-state index contributed by atoms with van der Waals surface area (Å²) in [6, 6.07) is 3.25. The first-order chi connectivity index (χ1) is 9.61. The molecule has 20 heavy (non-hydrogen) atoms. The second-order valence-corrected chi connectivity index (χ2v) is 4.10. The van der Waals surface area contributed by atoms with Crippen molar-refractivity contribution < 1.29 is 9.53 Å². The quantitative estimate of drug-likeness (QED) is 0.766. The van der Waals surface area contributed by atoms with Gasteiger partial charge in [0.1, 0.15) is 5.82 Å². The zero-order chi connectivity index (χ0) is 14.5. The highest BCUT2D eigenvalue weighted by Gasteiger charge is 2.08. The van der Waals surface area contributed by atoms with Crippen LogP contribution in [0.25, 0.3) is 0 Å². The highest BCUT2D eigenvalue weighted by atomic mass is 16.5. The Hall–Kier alpha value is -2.64. The van der Waals surface area contributed by atoms with Gasteiger partial charge in [0.25, 0.3) is 5.91 Å². The first-order valence-corrected chi connectivity index (χ1v) is 6.00. The number of aromatic amines is 1. The van der Waals surface area contributed by atoms with Crippen molar-refractivity contribution >= 4 is 5.91 Å². The van der Waals surface area contributed by atoms with E-state index < -0.39 is 0 Å². The molecule has 2 N–H and O–H groups in total. The van der Waals surface area contributed by atoms with E-state index in [1.165, 1.54) is 17.9 Å². The van der Waals surface area contributed by atoms with E-state index >= 15 is 0 Å². The van der Waals surface area contributed by atoms with Crippen LogP contribution in [-0.2, 0) is 13.5 Å². The highest BCUT2D eigenvalue weighted by molar-refractivity contribution is 5.93. The molecule has 2 heterocycles. The van der Waals surface area contributed by atoms with Crippen molar-refractivity contribution in [3.05, 3.63) is 40.2 Å². The Morgan fingerprint density at radius 1 is 1.50 bits per heavy atom. The largest absolute Gasteiger partial charge is 0.481 e. The van der Waals surface area contributed by atoms with E-state index in [0.717, 1.165) is 0 Å². The van der Waals surface area contributed by atoms with Gasteiger partial charge in [-0.2, -0.15) is 5.10 Å². The van der Waals surface area contributed by atoms with Crippen molar-refractivity contribution in [1.29, 1.82) is 0 Å². The summed E-state index contributed by atoms with van der Waals surface area (Å²) in [6.07, 6.45) is 1.91. The summed E-state index contributed by atoms with van der Waals surface area (Å²) in [4.78, 5) is 26.9. The standard InChI is InChI=1S/C12H15N5O3/c1-17-9(15-16-12(17)19)5-6-13-11(18)8-3-4-10(20-2)14-7-8/h3-4,7H,5-6H2,1-2H3,(H,13,18)(H,16,19). The number of hydrogen-bond donors (Lipinski definition) is 2. The summed E-state index contributed by atoms with van der Waals surface area (Å²) in [5.41, 5.74) is 0.174. The predicted octanol–water partition coefficient (Wildman–Crippen LogP) is -0.515. The summed E-state index contributed by atoms with van der Waals surface area (Å²) in [6.45, 7) is 0.378. The van der Waals surface area contributed by atoms with Crippen LogP contribution in [0, 0.1) is 0 Å². The number of carbonyl (C=O) groups is 1. The van der Waals surface area contributed by atoms with E-state index in [1.807, 2.05) is 0 Å². The first-order valence-electron chi connectivity index (χ1n) is 6.00. The van der Waals surface area contributed by atoms with Crippen LogP contribution in [0.2, 0.25) is 0 Å². The smallest absolute Gasteiger partial charge is 0.343 e. The average molecular weight is 277 g/mol. The van der Waals surface area contributed by atoms with Gasteiger partial charge >= 0.3 is 5.69 Å². The van der Waals surface area contributed by atoms with Gasteiger partial charge in [-0.05, 0) is 6.07 Å². The van der Waals surface area contributed by atoms with E-state index in [-0.39, 0.29) is 11.6 Å². The third-order valence-electron chi connectivity index (χ3n) is 2.81. The second kappa shape index (κ2) is 6.00. The van der Waals surface area contributed by atoms with Crippen molar-refractivity contribution in [3.63, 3.8) is 0 Å². The van der Waals surface area contributed by atoms with E-state index in [4.69, 9.17) is 4.74 Å². The van der Waals surface area contributed by atoms with Crippen LogP contribution < -0.4 is 15.7 Å². The molecule has 0 aliphatic carbocycles. The Balaban J connectivity index is 1.88. The number of pyridine rings is 1. The second-order valence-electron chi connectivity index (χ2n) is 4.10. The fraction of sp³-hybridized carbons (Fsp3) is 0.333. The number of aromatic nitrogens is 4. The topological polar surface area (TPSA) is 102 Å².